The Hall–Kier alpha value is -3.61. The van der Waals surface area contributed by atoms with Gasteiger partial charge in [0.25, 0.3) is 11.5 Å². The summed E-state index contributed by atoms with van der Waals surface area (Å²) in [7, 11) is 0. The molecule has 0 bridgehead atoms. The van der Waals surface area contributed by atoms with Crippen LogP contribution < -0.4 is 21.9 Å². The van der Waals surface area contributed by atoms with Crippen molar-refractivity contribution >= 4 is 17.4 Å². The van der Waals surface area contributed by atoms with Crippen LogP contribution in [0.25, 0.3) is 0 Å². The van der Waals surface area contributed by atoms with Gasteiger partial charge in [0.1, 0.15) is 5.82 Å². The number of rotatable bonds is 7. The zero-order chi connectivity index (χ0) is 22.5. The third kappa shape index (κ3) is 4.77. The van der Waals surface area contributed by atoms with E-state index in [1.54, 1.807) is 12.1 Å². The van der Waals surface area contributed by atoms with Crippen molar-refractivity contribution < 1.29 is 4.79 Å². The summed E-state index contributed by atoms with van der Waals surface area (Å²) < 4.78 is 1.33. The fourth-order valence-corrected chi connectivity index (χ4v) is 3.43. The quantitative estimate of drug-likeness (QED) is 0.612. The minimum atomic E-state index is -0.677. The van der Waals surface area contributed by atoms with E-state index in [9.17, 15) is 14.4 Å². The van der Waals surface area contributed by atoms with E-state index in [1.165, 1.54) is 9.47 Å². The highest BCUT2D eigenvalue weighted by molar-refractivity contribution is 6.07. The first-order chi connectivity index (χ1) is 14.8. The van der Waals surface area contributed by atoms with Crippen LogP contribution >= 0.6 is 0 Å². The zero-order valence-electron chi connectivity index (χ0n) is 18.1. The van der Waals surface area contributed by atoms with Crippen molar-refractivity contribution in [2.24, 2.45) is 0 Å². The van der Waals surface area contributed by atoms with Gasteiger partial charge in [-0.15, -0.1) is 0 Å². The van der Waals surface area contributed by atoms with Crippen molar-refractivity contribution in [1.29, 1.82) is 0 Å². The van der Waals surface area contributed by atoms with Crippen LogP contribution in [0.2, 0.25) is 0 Å². The average Bonchev–Trinajstić information content (AvgIpc) is 2.75. The summed E-state index contributed by atoms with van der Waals surface area (Å²) in [5.41, 5.74) is 8.36. The molecule has 0 unspecified atom stereocenters. The molecule has 2 aromatic carbocycles. The third-order valence-electron chi connectivity index (χ3n) is 5.40. The highest BCUT2D eigenvalue weighted by Gasteiger charge is 2.25. The Morgan fingerprint density at radius 1 is 1.06 bits per heavy atom. The van der Waals surface area contributed by atoms with Gasteiger partial charge in [0.2, 0.25) is 0 Å². The molecule has 31 heavy (non-hydrogen) atoms. The molecule has 1 aromatic heterocycles. The predicted octanol–water partition coefficient (Wildman–Crippen LogP) is 3.38. The van der Waals surface area contributed by atoms with Gasteiger partial charge in [0.15, 0.2) is 5.69 Å². The van der Waals surface area contributed by atoms with E-state index in [-0.39, 0.29) is 24.0 Å². The molecule has 0 spiro atoms. The van der Waals surface area contributed by atoms with Crippen molar-refractivity contribution in [3.8, 4) is 0 Å². The molecule has 0 fully saturated rings. The van der Waals surface area contributed by atoms with Crippen LogP contribution in [0, 0.1) is 13.8 Å². The lowest BCUT2D eigenvalue weighted by Crippen LogP contribution is -2.41. The van der Waals surface area contributed by atoms with Gasteiger partial charge in [0, 0.05) is 12.1 Å². The van der Waals surface area contributed by atoms with Crippen molar-refractivity contribution in [1.82, 2.24) is 9.55 Å². The lowest BCUT2D eigenvalue weighted by Gasteiger charge is -2.25. The number of unbranched alkanes of at least 4 members (excludes halogenated alkanes) is 1. The number of nitrogen functional groups attached to an aromatic ring is 1. The van der Waals surface area contributed by atoms with Gasteiger partial charge >= 0.3 is 5.69 Å². The molecule has 0 aliphatic heterocycles. The highest BCUT2D eigenvalue weighted by atomic mass is 16.2. The number of aromatic nitrogens is 2. The number of hydrogen-bond donors (Lipinski definition) is 2. The largest absolute Gasteiger partial charge is 0.383 e. The second-order valence-corrected chi connectivity index (χ2v) is 7.67. The first-order valence-corrected chi connectivity index (χ1v) is 10.4. The molecular formula is C24H28N4O3. The Kier molecular flexibility index (Phi) is 6.74. The summed E-state index contributed by atoms with van der Waals surface area (Å²) in [6, 6.07) is 14.8. The van der Waals surface area contributed by atoms with Crippen LogP contribution in [-0.2, 0) is 13.1 Å². The maximum atomic E-state index is 13.6. The van der Waals surface area contributed by atoms with E-state index in [0.717, 1.165) is 29.5 Å². The van der Waals surface area contributed by atoms with Crippen LogP contribution in [-0.4, -0.2) is 15.5 Å². The van der Waals surface area contributed by atoms with Crippen LogP contribution in [0.3, 0.4) is 0 Å². The average molecular weight is 421 g/mol. The number of carbonyl (C=O) groups excluding carboxylic acids is 1. The van der Waals surface area contributed by atoms with Crippen molar-refractivity contribution in [2.75, 3.05) is 10.6 Å². The monoisotopic (exact) mass is 420 g/mol. The summed E-state index contributed by atoms with van der Waals surface area (Å²) in [6.07, 6.45) is 1.58. The topological polar surface area (TPSA) is 101 Å². The number of hydrogen-bond acceptors (Lipinski definition) is 4. The summed E-state index contributed by atoms with van der Waals surface area (Å²) in [6.45, 7) is 6.41. The van der Waals surface area contributed by atoms with Crippen molar-refractivity contribution in [3.05, 3.63) is 91.6 Å². The molecule has 0 aliphatic rings. The molecule has 3 N–H and O–H groups in total. The molecule has 7 heteroatoms. The molecule has 162 valence electrons. The lowest BCUT2D eigenvalue weighted by atomic mass is 10.0. The number of nitrogens with zero attached hydrogens (tertiary/aromatic N) is 2. The van der Waals surface area contributed by atoms with E-state index in [1.807, 2.05) is 57.2 Å². The molecule has 0 aliphatic carbocycles. The van der Waals surface area contributed by atoms with Gasteiger partial charge in [-0.05, 0) is 49.1 Å². The number of benzene rings is 2. The van der Waals surface area contributed by atoms with Gasteiger partial charge < -0.3 is 5.73 Å². The maximum Gasteiger partial charge on any atom is 0.330 e. The van der Waals surface area contributed by atoms with Crippen molar-refractivity contribution in [2.45, 2.75) is 46.7 Å². The minimum absolute atomic E-state index is 0.00434. The Morgan fingerprint density at radius 2 is 1.77 bits per heavy atom. The molecule has 0 saturated carbocycles. The summed E-state index contributed by atoms with van der Waals surface area (Å²) in [4.78, 5) is 42.4. The fraction of sp³-hybridized carbons (Fsp3) is 0.292. The fourth-order valence-electron chi connectivity index (χ4n) is 3.43. The second-order valence-electron chi connectivity index (χ2n) is 7.67. The van der Waals surface area contributed by atoms with E-state index in [2.05, 4.69) is 4.98 Å². The van der Waals surface area contributed by atoms with Crippen LogP contribution in [0.1, 0.15) is 46.8 Å². The maximum absolute atomic E-state index is 13.6. The molecule has 1 heterocycles. The smallest absolute Gasteiger partial charge is 0.330 e. The summed E-state index contributed by atoms with van der Waals surface area (Å²) in [5, 5.41) is 0. The lowest BCUT2D eigenvalue weighted by molar-refractivity contribution is 0.0984. The number of amides is 1. The van der Waals surface area contributed by atoms with Gasteiger partial charge in [0.05, 0.1) is 6.54 Å². The highest BCUT2D eigenvalue weighted by Crippen LogP contribution is 2.23. The first-order valence-electron chi connectivity index (χ1n) is 10.4. The molecule has 1 amide bonds. The third-order valence-corrected chi connectivity index (χ3v) is 5.40. The predicted molar refractivity (Wildman–Crippen MR) is 124 cm³/mol. The summed E-state index contributed by atoms with van der Waals surface area (Å²) in [5.74, 6) is -0.361. The molecule has 0 atom stereocenters. The summed E-state index contributed by atoms with van der Waals surface area (Å²) >= 11 is 0. The standard InChI is InChI=1S/C24H28N4O3/c1-4-5-13-27-21(25)20(22(29)26-24(27)31)28(15-18-9-7-6-8-10-18)23(30)19-12-11-16(2)17(3)14-19/h6-12,14H,4-5,13,15,25H2,1-3H3,(H,26,29,31). The zero-order valence-corrected chi connectivity index (χ0v) is 18.1. The first kappa shape index (κ1) is 22.1. The van der Waals surface area contributed by atoms with Gasteiger partial charge in [-0.2, -0.15) is 0 Å². The van der Waals surface area contributed by atoms with Crippen LogP contribution in [0.5, 0.6) is 0 Å². The molecule has 0 radical (unpaired) electrons. The van der Waals surface area contributed by atoms with E-state index in [4.69, 9.17) is 5.73 Å². The minimum Gasteiger partial charge on any atom is -0.383 e. The number of H-pyrrole nitrogens is 1. The number of anilines is 2. The second kappa shape index (κ2) is 9.47. The van der Waals surface area contributed by atoms with Gasteiger partial charge in [-0.3, -0.25) is 24.0 Å². The van der Waals surface area contributed by atoms with E-state index >= 15 is 0 Å². The van der Waals surface area contributed by atoms with Gasteiger partial charge in [-0.25, -0.2) is 4.79 Å². The number of aryl methyl sites for hydroxylation is 2. The number of aromatic amines is 1. The van der Waals surface area contributed by atoms with Gasteiger partial charge in [-0.1, -0.05) is 49.7 Å². The number of carbonyl (C=O) groups is 1. The SMILES string of the molecule is CCCCn1c(N)c(N(Cc2ccccc2)C(=O)c2ccc(C)c(C)c2)c(=O)[nH]c1=O. The van der Waals surface area contributed by atoms with E-state index in [0.29, 0.717) is 12.1 Å². The Morgan fingerprint density at radius 3 is 2.42 bits per heavy atom. The molecule has 7 nitrogen and oxygen atoms in total. The number of nitrogens with two attached hydrogens (primary N) is 1. The van der Waals surface area contributed by atoms with Crippen LogP contribution in [0.15, 0.2) is 58.1 Å². The molecule has 3 aromatic rings. The Bertz CT molecular complexity index is 1200. The normalized spacial score (nSPS) is 10.8. The molecular weight excluding hydrogens is 392 g/mol. The van der Waals surface area contributed by atoms with Crippen molar-refractivity contribution in [3.63, 3.8) is 0 Å². The number of nitrogens with one attached hydrogen (secondary N) is 1. The van der Waals surface area contributed by atoms with Crippen LogP contribution in [0.4, 0.5) is 11.5 Å². The Balaban J connectivity index is 2.16. The molecule has 0 saturated heterocycles. The van der Waals surface area contributed by atoms with E-state index < -0.39 is 11.2 Å². The molecule has 3 rings (SSSR count). The Labute approximate surface area is 181 Å².